The number of methoxy groups -OCH3 is 2. The first-order chi connectivity index (χ1) is 15.2. The predicted octanol–water partition coefficient (Wildman–Crippen LogP) is 3.14. The molecular formula is C23H29N3O5S. The van der Waals surface area contributed by atoms with Gasteiger partial charge in [0.15, 0.2) is 0 Å². The number of thiophene rings is 1. The minimum atomic E-state index is -0.820. The molecule has 0 fully saturated rings. The van der Waals surface area contributed by atoms with Gasteiger partial charge in [-0.05, 0) is 49.3 Å². The van der Waals surface area contributed by atoms with Crippen molar-refractivity contribution in [1.82, 2.24) is 5.32 Å². The van der Waals surface area contributed by atoms with Crippen LogP contribution in [0.5, 0.6) is 11.5 Å². The van der Waals surface area contributed by atoms with Crippen molar-refractivity contribution in [2.45, 2.75) is 45.6 Å². The van der Waals surface area contributed by atoms with Crippen molar-refractivity contribution in [3.05, 3.63) is 39.8 Å². The van der Waals surface area contributed by atoms with E-state index >= 15 is 0 Å². The van der Waals surface area contributed by atoms with E-state index in [0.717, 1.165) is 36.1 Å². The van der Waals surface area contributed by atoms with E-state index in [1.807, 2.05) is 13.8 Å². The molecule has 1 aliphatic carbocycles. The normalized spacial score (nSPS) is 13.8. The molecule has 0 radical (unpaired) electrons. The molecule has 9 heteroatoms. The molecule has 8 nitrogen and oxygen atoms in total. The van der Waals surface area contributed by atoms with Crippen molar-refractivity contribution in [2.24, 2.45) is 11.7 Å². The molecule has 0 bridgehead atoms. The fourth-order valence-electron chi connectivity index (χ4n) is 3.80. The van der Waals surface area contributed by atoms with E-state index in [-0.39, 0.29) is 5.92 Å². The first kappa shape index (κ1) is 23.6. The van der Waals surface area contributed by atoms with Crippen LogP contribution in [0.1, 0.15) is 57.8 Å². The molecule has 0 unspecified atom stereocenters. The summed E-state index contributed by atoms with van der Waals surface area (Å²) in [5.41, 5.74) is 7.27. The summed E-state index contributed by atoms with van der Waals surface area (Å²) in [5.74, 6) is -0.641. The lowest BCUT2D eigenvalue weighted by Crippen LogP contribution is -2.47. The molecule has 3 rings (SSSR count). The van der Waals surface area contributed by atoms with Gasteiger partial charge in [-0.2, -0.15) is 0 Å². The van der Waals surface area contributed by atoms with Crippen molar-refractivity contribution in [3.63, 3.8) is 0 Å². The summed E-state index contributed by atoms with van der Waals surface area (Å²) in [6, 6.07) is 3.99. The fourth-order valence-corrected chi connectivity index (χ4v) is 5.10. The topological polar surface area (TPSA) is 120 Å². The number of carbonyl (C=O) groups excluding carboxylic acids is 3. The largest absolute Gasteiger partial charge is 0.497 e. The van der Waals surface area contributed by atoms with E-state index < -0.39 is 23.8 Å². The molecule has 172 valence electrons. The van der Waals surface area contributed by atoms with Crippen LogP contribution in [0, 0.1) is 5.92 Å². The second-order valence-electron chi connectivity index (χ2n) is 8.07. The van der Waals surface area contributed by atoms with Gasteiger partial charge in [0, 0.05) is 16.5 Å². The van der Waals surface area contributed by atoms with Gasteiger partial charge < -0.3 is 25.8 Å². The summed E-state index contributed by atoms with van der Waals surface area (Å²) in [5, 5.41) is 6.10. The van der Waals surface area contributed by atoms with Gasteiger partial charge in [-0.3, -0.25) is 14.4 Å². The Balaban J connectivity index is 1.82. The Kier molecular flexibility index (Phi) is 7.40. The number of amides is 3. The molecule has 1 atom stereocenters. The van der Waals surface area contributed by atoms with Gasteiger partial charge in [-0.25, -0.2) is 0 Å². The van der Waals surface area contributed by atoms with E-state index in [0.29, 0.717) is 27.6 Å². The third-order valence-corrected chi connectivity index (χ3v) is 6.71. The Labute approximate surface area is 191 Å². The Morgan fingerprint density at radius 2 is 1.66 bits per heavy atom. The average Bonchev–Trinajstić information content (AvgIpc) is 3.14. The van der Waals surface area contributed by atoms with Crippen LogP contribution in [-0.4, -0.2) is 38.0 Å². The summed E-state index contributed by atoms with van der Waals surface area (Å²) in [6.07, 6.45) is 3.69. The highest BCUT2D eigenvalue weighted by Gasteiger charge is 2.29. The number of nitrogens with one attached hydrogen (secondary N) is 2. The number of hydrogen-bond donors (Lipinski definition) is 3. The van der Waals surface area contributed by atoms with Gasteiger partial charge >= 0.3 is 0 Å². The highest BCUT2D eigenvalue weighted by molar-refractivity contribution is 7.17. The number of hydrogen-bond acceptors (Lipinski definition) is 6. The first-order valence-electron chi connectivity index (χ1n) is 10.5. The van der Waals surface area contributed by atoms with Crippen LogP contribution >= 0.6 is 11.3 Å². The molecule has 0 saturated carbocycles. The Hall–Kier alpha value is -3.07. The summed E-state index contributed by atoms with van der Waals surface area (Å²) < 4.78 is 10.4. The molecule has 3 amide bonds. The molecule has 1 heterocycles. The molecule has 0 saturated heterocycles. The highest BCUT2D eigenvalue weighted by Crippen LogP contribution is 2.38. The molecule has 0 spiro atoms. The highest BCUT2D eigenvalue weighted by atomic mass is 32.1. The minimum Gasteiger partial charge on any atom is -0.497 e. The number of fused-ring (bicyclic) bond motifs is 1. The Morgan fingerprint density at radius 3 is 2.22 bits per heavy atom. The molecule has 1 aliphatic rings. The first-order valence-corrected chi connectivity index (χ1v) is 11.4. The zero-order valence-electron chi connectivity index (χ0n) is 18.7. The quantitative estimate of drug-likeness (QED) is 0.560. The number of benzene rings is 1. The molecule has 2 aromatic rings. The second-order valence-corrected chi connectivity index (χ2v) is 9.17. The summed E-state index contributed by atoms with van der Waals surface area (Å²) in [4.78, 5) is 39.2. The SMILES string of the molecule is COc1cc(OC)cc(C(=O)N[C@H](C(=O)Nc2sc3c(c2C(N)=O)CCCC3)C(C)C)c1. The zero-order chi connectivity index (χ0) is 23.4. The van der Waals surface area contributed by atoms with Gasteiger partial charge in [0.2, 0.25) is 5.91 Å². The lowest BCUT2D eigenvalue weighted by Gasteiger charge is -2.22. The number of nitrogens with two attached hydrogens (primary N) is 1. The number of primary amides is 1. The molecular weight excluding hydrogens is 430 g/mol. The zero-order valence-corrected chi connectivity index (χ0v) is 19.6. The van der Waals surface area contributed by atoms with E-state index in [9.17, 15) is 14.4 Å². The third-order valence-electron chi connectivity index (χ3n) is 5.50. The number of anilines is 1. The van der Waals surface area contributed by atoms with Gasteiger partial charge in [0.25, 0.3) is 11.8 Å². The number of ether oxygens (including phenoxy) is 2. The number of aryl methyl sites for hydroxylation is 1. The van der Waals surface area contributed by atoms with Gasteiger partial charge in [-0.1, -0.05) is 13.8 Å². The Bertz CT molecular complexity index is 1010. The van der Waals surface area contributed by atoms with Crippen LogP contribution in [-0.2, 0) is 17.6 Å². The monoisotopic (exact) mass is 459 g/mol. The van der Waals surface area contributed by atoms with E-state index in [2.05, 4.69) is 10.6 Å². The lowest BCUT2D eigenvalue weighted by atomic mass is 9.95. The minimum absolute atomic E-state index is 0.196. The van der Waals surface area contributed by atoms with Crippen LogP contribution in [0.4, 0.5) is 5.00 Å². The van der Waals surface area contributed by atoms with Crippen LogP contribution in [0.2, 0.25) is 0 Å². The number of carbonyl (C=O) groups is 3. The van der Waals surface area contributed by atoms with Crippen LogP contribution in [0.3, 0.4) is 0 Å². The smallest absolute Gasteiger partial charge is 0.252 e. The third kappa shape index (κ3) is 5.04. The molecule has 1 aromatic carbocycles. The van der Waals surface area contributed by atoms with Crippen LogP contribution < -0.4 is 25.8 Å². The van der Waals surface area contributed by atoms with Crippen LogP contribution in [0.15, 0.2) is 18.2 Å². The molecule has 4 N–H and O–H groups in total. The van der Waals surface area contributed by atoms with Crippen molar-refractivity contribution in [2.75, 3.05) is 19.5 Å². The van der Waals surface area contributed by atoms with Crippen LogP contribution in [0.25, 0.3) is 0 Å². The van der Waals surface area contributed by atoms with E-state index in [4.69, 9.17) is 15.2 Å². The van der Waals surface area contributed by atoms with Crippen molar-refractivity contribution >= 4 is 34.1 Å². The molecule has 0 aliphatic heterocycles. The fraction of sp³-hybridized carbons (Fsp3) is 0.435. The average molecular weight is 460 g/mol. The van der Waals surface area contributed by atoms with Gasteiger partial charge in [0.1, 0.15) is 22.5 Å². The maximum atomic E-state index is 13.1. The van der Waals surface area contributed by atoms with Gasteiger partial charge in [-0.15, -0.1) is 11.3 Å². The van der Waals surface area contributed by atoms with Crippen molar-refractivity contribution < 1.29 is 23.9 Å². The maximum Gasteiger partial charge on any atom is 0.252 e. The standard InChI is InChI=1S/C23H29N3O5S/c1-12(2)19(25-21(28)13-9-14(30-3)11-15(10-13)31-4)22(29)26-23-18(20(24)27)16-7-5-6-8-17(16)32-23/h9-12,19H,5-8H2,1-4H3,(H2,24,27)(H,25,28)(H,26,29)/t19-/m0/s1. The Morgan fingerprint density at radius 1 is 1.03 bits per heavy atom. The lowest BCUT2D eigenvalue weighted by molar-refractivity contribution is -0.118. The van der Waals surface area contributed by atoms with Crippen molar-refractivity contribution in [1.29, 1.82) is 0 Å². The molecule has 1 aromatic heterocycles. The van der Waals surface area contributed by atoms with Crippen molar-refractivity contribution in [3.8, 4) is 11.5 Å². The second kappa shape index (κ2) is 10.0. The summed E-state index contributed by atoms with van der Waals surface area (Å²) in [7, 11) is 3.00. The van der Waals surface area contributed by atoms with E-state index in [1.165, 1.54) is 25.6 Å². The number of rotatable bonds is 8. The summed E-state index contributed by atoms with van der Waals surface area (Å²) in [6.45, 7) is 3.68. The predicted molar refractivity (Wildman–Crippen MR) is 124 cm³/mol. The maximum absolute atomic E-state index is 13.1. The summed E-state index contributed by atoms with van der Waals surface area (Å²) >= 11 is 1.39. The molecule has 32 heavy (non-hydrogen) atoms. The van der Waals surface area contributed by atoms with Gasteiger partial charge in [0.05, 0.1) is 19.8 Å². The van der Waals surface area contributed by atoms with E-state index in [1.54, 1.807) is 18.2 Å².